The van der Waals surface area contributed by atoms with Crippen LogP contribution in [0.25, 0.3) is 10.2 Å². The fourth-order valence-corrected chi connectivity index (χ4v) is 4.02. The van der Waals surface area contributed by atoms with Crippen molar-refractivity contribution >= 4 is 27.5 Å². The van der Waals surface area contributed by atoms with Gasteiger partial charge in [0.25, 0.3) is 5.56 Å². The van der Waals surface area contributed by atoms with E-state index in [1.165, 1.54) is 28.8 Å². The predicted molar refractivity (Wildman–Crippen MR) is 107 cm³/mol. The monoisotopic (exact) mass is 420 g/mol. The number of halogens is 1. The molecule has 0 saturated heterocycles. The summed E-state index contributed by atoms with van der Waals surface area (Å²) >= 11 is 1.12. The fraction of sp³-hybridized carbons (Fsp3) is 0.350. The van der Waals surface area contributed by atoms with Crippen molar-refractivity contribution in [2.24, 2.45) is 0 Å². The van der Waals surface area contributed by atoms with Gasteiger partial charge in [-0.05, 0) is 50.6 Å². The van der Waals surface area contributed by atoms with Gasteiger partial charge in [0, 0.05) is 0 Å². The lowest BCUT2D eigenvalue weighted by atomic mass is 10.2. The molecule has 29 heavy (non-hydrogen) atoms. The van der Waals surface area contributed by atoms with Gasteiger partial charge in [-0.1, -0.05) is 0 Å². The molecular weight excluding hydrogens is 399 g/mol. The van der Waals surface area contributed by atoms with Gasteiger partial charge in [0.2, 0.25) is 0 Å². The van der Waals surface area contributed by atoms with E-state index in [-0.39, 0.29) is 31.1 Å². The molecular formula is C20H21FN2O5S. The van der Waals surface area contributed by atoms with Crippen LogP contribution >= 0.6 is 11.3 Å². The zero-order chi connectivity index (χ0) is 21.1. The molecule has 0 aliphatic carbocycles. The van der Waals surface area contributed by atoms with Gasteiger partial charge >= 0.3 is 5.97 Å². The number of aryl methyl sites for hydroxylation is 2. The first-order valence-electron chi connectivity index (χ1n) is 9.05. The van der Waals surface area contributed by atoms with E-state index in [1.807, 2.05) is 0 Å². The topological polar surface area (TPSA) is 90.7 Å². The van der Waals surface area contributed by atoms with Crippen molar-refractivity contribution in [1.29, 1.82) is 0 Å². The van der Waals surface area contributed by atoms with Crippen LogP contribution in [0.4, 0.5) is 4.39 Å². The second kappa shape index (κ2) is 8.71. The zero-order valence-corrected chi connectivity index (χ0v) is 17.1. The van der Waals surface area contributed by atoms with Gasteiger partial charge < -0.3 is 14.6 Å². The van der Waals surface area contributed by atoms with E-state index in [0.717, 1.165) is 11.3 Å². The Bertz CT molecular complexity index is 1090. The molecule has 3 rings (SSSR count). The van der Waals surface area contributed by atoms with E-state index < -0.39 is 12.1 Å². The van der Waals surface area contributed by atoms with Gasteiger partial charge in [-0.25, -0.2) is 14.2 Å². The molecule has 3 aromatic rings. The van der Waals surface area contributed by atoms with Crippen molar-refractivity contribution in [3.05, 3.63) is 56.7 Å². The van der Waals surface area contributed by atoms with Crippen molar-refractivity contribution in [3.63, 3.8) is 0 Å². The third-order valence-corrected chi connectivity index (χ3v) is 5.52. The minimum Gasteiger partial charge on any atom is -0.491 e. The lowest BCUT2D eigenvalue weighted by molar-refractivity contribution is 0.0531. The Morgan fingerprint density at radius 1 is 1.31 bits per heavy atom. The number of aliphatic hydroxyl groups is 1. The molecule has 0 aliphatic rings. The molecule has 2 aromatic heterocycles. The van der Waals surface area contributed by atoms with Crippen LogP contribution < -0.4 is 10.3 Å². The first kappa shape index (κ1) is 20.9. The van der Waals surface area contributed by atoms with Gasteiger partial charge in [-0.2, -0.15) is 0 Å². The molecule has 1 unspecified atom stereocenters. The van der Waals surface area contributed by atoms with E-state index in [4.69, 9.17) is 9.47 Å². The van der Waals surface area contributed by atoms with Crippen LogP contribution in [0.2, 0.25) is 0 Å². The summed E-state index contributed by atoms with van der Waals surface area (Å²) < 4.78 is 24.8. The number of aromatic nitrogens is 2. The number of ether oxygens (including phenoxy) is 2. The number of esters is 1. The number of hydrogen-bond donors (Lipinski definition) is 1. The molecule has 0 saturated carbocycles. The molecule has 0 amide bonds. The van der Waals surface area contributed by atoms with Gasteiger partial charge in [0.15, 0.2) is 0 Å². The first-order chi connectivity index (χ1) is 13.8. The summed E-state index contributed by atoms with van der Waals surface area (Å²) in [7, 11) is 0. The number of fused-ring (bicyclic) bond motifs is 1. The van der Waals surface area contributed by atoms with Gasteiger partial charge in [-0.3, -0.25) is 9.36 Å². The van der Waals surface area contributed by atoms with Crippen molar-refractivity contribution in [2.45, 2.75) is 33.4 Å². The number of thiophene rings is 1. The molecule has 7 nitrogen and oxygen atoms in total. The van der Waals surface area contributed by atoms with Crippen LogP contribution in [-0.4, -0.2) is 39.9 Å². The molecule has 0 fully saturated rings. The molecule has 0 aliphatic heterocycles. The number of nitrogens with zero attached hydrogens (tertiary/aromatic N) is 2. The third-order valence-electron chi connectivity index (χ3n) is 4.35. The summed E-state index contributed by atoms with van der Waals surface area (Å²) in [6.07, 6.45) is -0.987. The maximum absolute atomic E-state index is 13.0. The van der Waals surface area contributed by atoms with Crippen LogP contribution in [0, 0.1) is 19.7 Å². The minimum atomic E-state index is -0.987. The smallest absolute Gasteiger partial charge is 0.348 e. The van der Waals surface area contributed by atoms with Crippen molar-refractivity contribution in [3.8, 4) is 5.75 Å². The van der Waals surface area contributed by atoms with Crippen LogP contribution in [0.5, 0.6) is 5.75 Å². The van der Waals surface area contributed by atoms with Crippen LogP contribution in [0.1, 0.15) is 28.0 Å². The van der Waals surface area contributed by atoms with E-state index in [9.17, 15) is 19.1 Å². The summed E-state index contributed by atoms with van der Waals surface area (Å²) in [4.78, 5) is 30.3. The molecule has 0 radical (unpaired) electrons. The number of aliphatic hydroxyl groups excluding tert-OH is 1. The normalized spacial score (nSPS) is 12.2. The Morgan fingerprint density at radius 3 is 2.66 bits per heavy atom. The second-order valence-corrected chi connectivity index (χ2v) is 7.45. The number of carbonyl (C=O) groups is 1. The molecule has 1 aromatic carbocycles. The average molecular weight is 420 g/mol. The number of rotatable bonds is 7. The Morgan fingerprint density at radius 2 is 2.00 bits per heavy atom. The van der Waals surface area contributed by atoms with Crippen LogP contribution in [0.3, 0.4) is 0 Å². The molecule has 9 heteroatoms. The fourth-order valence-electron chi connectivity index (χ4n) is 2.91. The number of hydrogen-bond acceptors (Lipinski definition) is 7. The highest BCUT2D eigenvalue weighted by atomic mass is 32.1. The van der Waals surface area contributed by atoms with Crippen LogP contribution in [0.15, 0.2) is 29.1 Å². The van der Waals surface area contributed by atoms with Gasteiger partial charge in [0.05, 0.1) is 18.5 Å². The highest BCUT2D eigenvalue weighted by Crippen LogP contribution is 2.28. The quantitative estimate of drug-likeness (QED) is 0.591. The van der Waals surface area contributed by atoms with E-state index in [2.05, 4.69) is 4.98 Å². The zero-order valence-electron chi connectivity index (χ0n) is 16.3. The molecule has 1 N–H and O–H groups in total. The van der Waals surface area contributed by atoms with Gasteiger partial charge in [-0.15, -0.1) is 11.3 Å². The Kier molecular flexibility index (Phi) is 6.29. The van der Waals surface area contributed by atoms with Crippen molar-refractivity contribution < 1.29 is 23.8 Å². The SMILES string of the molecule is CCOC(=O)c1sc2nc(C)n(CC(O)COc3ccc(F)cc3)c(=O)c2c1C. The minimum absolute atomic E-state index is 0.0289. The van der Waals surface area contributed by atoms with E-state index in [1.54, 1.807) is 20.8 Å². The highest BCUT2D eigenvalue weighted by Gasteiger charge is 2.22. The summed E-state index contributed by atoms with van der Waals surface area (Å²) in [5, 5.41) is 10.7. The highest BCUT2D eigenvalue weighted by molar-refractivity contribution is 7.20. The lowest BCUT2D eigenvalue weighted by Gasteiger charge is -2.15. The summed E-state index contributed by atoms with van der Waals surface area (Å²) in [5.41, 5.74) is 0.185. The predicted octanol–water partition coefficient (Wildman–Crippen LogP) is 2.83. The summed E-state index contributed by atoms with van der Waals surface area (Å²) in [5.74, 6) is -0.0343. The molecule has 2 heterocycles. The Labute approximate surface area is 170 Å². The summed E-state index contributed by atoms with van der Waals surface area (Å²) in [6, 6.07) is 5.43. The Balaban J connectivity index is 1.83. The standard InChI is InChI=1S/C20H21FN2O5S/c1-4-27-20(26)17-11(2)16-18(29-17)22-12(3)23(19(16)25)9-14(24)10-28-15-7-5-13(21)6-8-15/h5-8,14,24H,4,9-10H2,1-3H3. The molecule has 1 atom stereocenters. The van der Waals surface area contributed by atoms with E-state index >= 15 is 0 Å². The Hall–Kier alpha value is -2.78. The maximum Gasteiger partial charge on any atom is 0.348 e. The first-order valence-corrected chi connectivity index (χ1v) is 9.87. The van der Waals surface area contributed by atoms with E-state index in [0.29, 0.717) is 32.2 Å². The van der Waals surface area contributed by atoms with Crippen LogP contribution in [-0.2, 0) is 11.3 Å². The average Bonchev–Trinajstić information content (AvgIpc) is 3.01. The number of carbonyl (C=O) groups excluding carboxylic acids is 1. The van der Waals surface area contributed by atoms with Crippen molar-refractivity contribution in [1.82, 2.24) is 9.55 Å². The summed E-state index contributed by atoms with van der Waals surface area (Å²) in [6.45, 7) is 5.19. The maximum atomic E-state index is 13.0. The van der Waals surface area contributed by atoms with Crippen molar-refractivity contribution in [2.75, 3.05) is 13.2 Å². The second-order valence-electron chi connectivity index (χ2n) is 6.45. The molecule has 154 valence electrons. The number of benzene rings is 1. The lowest BCUT2D eigenvalue weighted by Crippen LogP contribution is -2.32. The molecule has 0 spiro atoms. The molecule has 0 bridgehead atoms. The third kappa shape index (κ3) is 4.46. The van der Waals surface area contributed by atoms with Gasteiger partial charge in [0.1, 0.15) is 39.8 Å². The largest absolute Gasteiger partial charge is 0.491 e.